The number of hydrogen-bond donors (Lipinski definition) is 0. The van der Waals surface area contributed by atoms with Crippen molar-refractivity contribution in [2.24, 2.45) is 0 Å². The first-order chi connectivity index (χ1) is 19.0. The van der Waals surface area contributed by atoms with Gasteiger partial charge in [-0.2, -0.15) is 9.61 Å². The minimum atomic E-state index is -0.305. The fraction of sp³-hybridized carbons (Fsp3) is 0.424. The van der Waals surface area contributed by atoms with E-state index in [1.54, 1.807) is 21.1 Å². The second-order valence-corrected chi connectivity index (χ2v) is 11.3. The van der Waals surface area contributed by atoms with Crippen molar-refractivity contribution in [2.75, 3.05) is 32.2 Å². The third kappa shape index (κ3) is 5.55. The van der Waals surface area contributed by atoms with Gasteiger partial charge in [-0.1, -0.05) is 40.2 Å². The summed E-state index contributed by atoms with van der Waals surface area (Å²) >= 11 is 0. The normalized spacial score (nSPS) is 12.3. The molecule has 2 aromatic carbocycles. The molecule has 0 unspecified atom stereocenters. The summed E-state index contributed by atoms with van der Waals surface area (Å²) in [4.78, 5) is 21.2. The van der Waals surface area contributed by atoms with Crippen molar-refractivity contribution in [1.29, 1.82) is 0 Å². The summed E-state index contributed by atoms with van der Waals surface area (Å²) in [5.41, 5.74) is 6.08. The van der Waals surface area contributed by atoms with Crippen LogP contribution in [0.2, 0.25) is 0 Å². The van der Waals surface area contributed by atoms with Gasteiger partial charge in [0.25, 0.3) is 5.56 Å². The van der Waals surface area contributed by atoms with Gasteiger partial charge < -0.3 is 14.4 Å². The maximum absolute atomic E-state index is 13.7. The first kappa shape index (κ1) is 29.1. The number of benzene rings is 2. The zero-order valence-corrected chi connectivity index (χ0v) is 25.4. The SMILES string of the molecule is CCCCN(CC)c1ccc(C=c2c(C(C)(C)C)nn3c(=O)c(C)c(-c4cc(OC)ccc4OC)nc23)c(C)c1. The van der Waals surface area contributed by atoms with E-state index in [1.165, 1.54) is 23.0 Å². The molecule has 0 aliphatic rings. The number of anilines is 1. The maximum Gasteiger partial charge on any atom is 0.278 e. The van der Waals surface area contributed by atoms with Gasteiger partial charge in [0.05, 0.1) is 25.6 Å². The van der Waals surface area contributed by atoms with Gasteiger partial charge in [-0.05, 0) is 74.7 Å². The van der Waals surface area contributed by atoms with E-state index < -0.39 is 0 Å². The van der Waals surface area contributed by atoms with Gasteiger partial charge >= 0.3 is 0 Å². The number of nitrogens with zero attached hydrogens (tertiary/aromatic N) is 4. The van der Waals surface area contributed by atoms with E-state index in [-0.39, 0.29) is 11.0 Å². The van der Waals surface area contributed by atoms with E-state index >= 15 is 0 Å². The van der Waals surface area contributed by atoms with E-state index in [4.69, 9.17) is 19.6 Å². The van der Waals surface area contributed by atoms with E-state index in [0.29, 0.717) is 34.0 Å². The Morgan fingerprint density at radius 2 is 1.77 bits per heavy atom. The molecule has 0 aliphatic heterocycles. The van der Waals surface area contributed by atoms with Crippen LogP contribution in [-0.4, -0.2) is 41.9 Å². The minimum Gasteiger partial charge on any atom is -0.497 e. The largest absolute Gasteiger partial charge is 0.497 e. The number of methoxy groups -OCH3 is 2. The second-order valence-electron chi connectivity index (χ2n) is 11.3. The fourth-order valence-corrected chi connectivity index (χ4v) is 5.06. The topological polar surface area (TPSA) is 69.0 Å². The van der Waals surface area contributed by atoms with Crippen LogP contribution in [0, 0.1) is 13.8 Å². The predicted molar refractivity (Wildman–Crippen MR) is 164 cm³/mol. The number of unbranched alkanes of at least 4 members (excludes halogenated alkanes) is 1. The summed E-state index contributed by atoms with van der Waals surface area (Å²) in [5, 5.41) is 5.67. The smallest absolute Gasteiger partial charge is 0.278 e. The van der Waals surface area contributed by atoms with Crippen molar-refractivity contribution in [3.63, 3.8) is 0 Å². The lowest BCUT2D eigenvalue weighted by Gasteiger charge is -2.23. The number of hydrogen-bond acceptors (Lipinski definition) is 6. The maximum atomic E-state index is 13.7. The van der Waals surface area contributed by atoms with Crippen molar-refractivity contribution in [3.05, 3.63) is 74.4 Å². The predicted octanol–water partition coefficient (Wildman–Crippen LogP) is 5.86. The first-order valence-corrected chi connectivity index (χ1v) is 14.1. The van der Waals surface area contributed by atoms with Crippen molar-refractivity contribution in [1.82, 2.24) is 14.6 Å². The average Bonchev–Trinajstić information content (AvgIpc) is 3.31. The van der Waals surface area contributed by atoms with Gasteiger partial charge in [-0.25, -0.2) is 4.98 Å². The van der Waals surface area contributed by atoms with Gasteiger partial charge in [0.1, 0.15) is 11.5 Å². The van der Waals surface area contributed by atoms with Gasteiger partial charge in [-0.15, -0.1) is 0 Å². The molecule has 212 valence electrons. The van der Waals surface area contributed by atoms with Crippen LogP contribution in [0.1, 0.15) is 69.8 Å². The summed E-state index contributed by atoms with van der Waals surface area (Å²) in [6.07, 6.45) is 4.46. The summed E-state index contributed by atoms with van der Waals surface area (Å²) in [6, 6.07) is 12.1. The van der Waals surface area contributed by atoms with Gasteiger partial charge in [-0.3, -0.25) is 4.79 Å². The molecule has 0 atom stereocenters. The molecule has 0 saturated carbocycles. The second kappa shape index (κ2) is 11.7. The first-order valence-electron chi connectivity index (χ1n) is 14.1. The zero-order chi connectivity index (χ0) is 29.2. The third-order valence-corrected chi connectivity index (χ3v) is 7.44. The number of aryl methyl sites for hydroxylation is 1. The molecule has 0 bridgehead atoms. The minimum absolute atomic E-state index is 0.198. The lowest BCUT2D eigenvalue weighted by atomic mass is 9.90. The van der Waals surface area contributed by atoms with E-state index in [0.717, 1.165) is 35.1 Å². The molecule has 40 heavy (non-hydrogen) atoms. The number of rotatable bonds is 9. The standard InChI is InChI=1S/C33H42N4O3/c1-10-12-17-36(11-2)24-14-13-23(21(3)18-24)19-27-30(33(5,6)7)35-37-31(27)34-29(22(4)32(37)38)26-20-25(39-8)15-16-28(26)40-9/h13-16,18-20H,10-12,17H2,1-9H3. The summed E-state index contributed by atoms with van der Waals surface area (Å²) < 4.78 is 12.6. The molecule has 0 saturated heterocycles. The zero-order valence-electron chi connectivity index (χ0n) is 25.4. The molecule has 0 radical (unpaired) electrons. The molecule has 0 N–H and O–H groups in total. The molecular formula is C33H42N4O3. The molecule has 7 heteroatoms. The lowest BCUT2D eigenvalue weighted by Crippen LogP contribution is -2.24. The molecule has 0 fully saturated rings. The van der Waals surface area contributed by atoms with Crippen LogP contribution in [0.15, 0.2) is 41.2 Å². The van der Waals surface area contributed by atoms with Crippen molar-refractivity contribution in [2.45, 2.75) is 66.7 Å². The molecule has 0 amide bonds. The average molecular weight is 543 g/mol. The van der Waals surface area contributed by atoms with Gasteiger partial charge in [0.15, 0.2) is 5.65 Å². The monoisotopic (exact) mass is 542 g/mol. The Bertz CT molecular complexity index is 1630. The van der Waals surface area contributed by atoms with Gasteiger partial charge in [0.2, 0.25) is 0 Å². The highest BCUT2D eigenvalue weighted by Gasteiger charge is 2.25. The fourth-order valence-electron chi connectivity index (χ4n) is 5.06. The Balaban J connectivity index is 1.99. The van der Waals surface area contributed by atoms with Crippen molar-refractivity contribution >= 4 is 17.4 Å². The Hall–Kier alpha value is -3.87. The van der Waals surface area contributed by atoms with Crippen LogP contribution in [0.4, 0.5) is 5.69 Å². The molecular weight excluding hydrogens is 500 g/mol. The lowest BCUT2D eigenvalue weighted by molar-refractivity contribution is 0.404. The molecule has 4 rings (SSSR count). The highest BCUT2D eigenvalue weighted by molar-refractivity contribution is 5.74. The van der Waals surface area contributed by atoms with Crippen LogP contribution in [0.25, 0.3) is 23.0 Å². The van der Waals surface area contributed by atoms with Crippen LogP contribution >= 0.6 is 0 Å². The van der Waals surface area contributed by atoms with Crippen LogP contribution in [0.5, 0.6) is 11.5 Å². The van der Waals surface area contributed by atoms with Gasteiger partial charge in [0, 0.05) is 40.5 Å². The Morgan fingerprint density at radius 1 is 1.02 bits per heavy atom. The molecule has 7 nitrogen and oxygen atoms in total. The summed E-state index contributed by atoms with van der Waals surface area (Å²) in [5.74, 6) is 1.28. The number of aromatic nitrogens is 3. The number of fused-ring (bicyclic) bond motifs is 1. The van der Waals surface area contributed by atoms with E-state index in [9.17, 15) is 4.79 Å². The molecule has 4 aromatic rings. The van der Waals surface area contributed by atoms with Crippen LogP contribution in [-0.2, 0) is 5.41 Å². The van der Waals surface area contributed by atoms with Crippen LogP contribution < -0.4 is 25.2 Å². The molecule has 0 aliphatic carbocycles. The highest BCUT2D eigenvalue weighted by Crippen LogP contribution is 2.33. The molecule has 2 heterocycles. The van der Waals surface area contributed by atoms with Crippen molar-refractivity contribution in [3.8, 4) is 22.8 Å². The summed E-state index contributed by atoms with van der Waals surface area (Å²) in [7, 11) is 3.23. The van der Waals surface area contributed by atoms with Crippen molar-refractivity contribution < 1.29 is 9.47 Å². The highest BCUT2D eigenvalue weighted by atomic mass is 16.5. The molecule has 2 aromatic heterocycles. The third-order valence-electron chi connectivity index (χ3n) is 7.44. The number of ether oxygens (including phenoxy) is 2. The molecule has 0 spiro atoms. The quantitative estimate of drug-likeness (QED) is 0.264. The van der Waals surface area contributed by atoms with Crippen LogP contribution in [0.3, 0.4) is 0 Å². The summed E-state index contributed by atoms with van der Waals surface area (Å²) in [6.45, 7) is 16.7. The Kier molecular flexibility index (Phi) is 8.52. The van der Waals surface area contributed by atoms with E-state index in [2.05, 4.69) is 70.7 Å². The Labute approximate surface area is 237 Å². The Morgan fingerprint density at radius 3 is 2.38 bits per heavy atom. The van der Waals surface area contributed by atoms with E-state index in [1.807, 2.05) is 18.2 Å².